The monoisotopic (exact) mass is 230 g/mol. The van der Waals surface area contributed by atoms with Crippen molar-refractivity contribution in [3.8, 4) is 0 Å². The van der Waals surface area contributed by atoms with Crippen LogP contribution in [0, 0.1) is 6.92 Å². The van der Waals surface area contributed by atoms with Gasteiger partial charge < -0.3 is 5.32 Å². The molecule has 0 spiro atoms. The van der Waals surface area contributed by atoms with Crippen LogP contribution >= 0.6 is 0 Å². The summed E-state index contributed by atoms with van der Waals surface area (Å²) in [5.41, 5.74) is 2.15. The zero-order chi connectivity index (χ0) is 11.7. The Morgan fingerprint density at radius 3 is 2.88 bits per heavy atom. The van der Waals surface area contributed by atoms with Gasteiger partial charge in [0.2, 0.25) is 0 Å². The topological polar surface area (TPSA) is 42.2 Å². The van der Waals surface area contributed by atoms with Gasteiger partial charge in [-0.1, -0.05) is 19.3 Å². The first-order valence-corrected chi connectivity index (χ1v) is 6.40. The first-order valence-electron chi connectivity index (χ1n) is 6.40. The number of fused-ring (bicyclic) bond motifs is 1. The van der Waals surface area contributed by atoms with Crippen molar-refractivity contribution in [3.63, 3.8) is 0 Å². The van der Waals surface area contributed by atoms with Gasteiger partial charge in [-0.3, -0.25) is 0 Å². The summed E-state index contributed by atoms with van der Waals surface area (Å²) in [6, 6.07) is 4.80. The van der Waals surface area contributed by atoms with Crippen LogP contribution in [0.2, 0.25) is 0 Å². The van der Waals surface area contributed by atoms with Crippen molar-refractivity contribution in [2.75, 3.05) is 5.32 Å². The second-order valence-corrected chi connectivity index (χ2v) is 4.93. The van der Waals surface area contributed by atoms with E-state index >= 15 is 0 Å². The second-order valence-electron chi connectivity index (χ2n) is 4.93. The maximum atomic E-state index is 4.27. The van der Waals surface area contributed by atoms with Gasteiger partial charge in [-0.2, -0.15) is 9.61 Å². The van der Waals surface area contributed by atoms with Gasteiger partial charge in [0.15, 0.2) is 5.65 Å². The van der Waals surface area contributed by atoms with E-state index < -0.39 is 0 Å². The molecule has 4 nitrogen and oxygen atoms in total. The summed E-state index contributed by atoms with van der Waals surface area (Å²) in [5.74, 6) is 1.07. The third kappa shape index (κ3) is 2.12. The number of anilines is 1. The smallest absolute Gasteiger partial charge is 0.157 e. The highest BCUT2D eigenvalue weighted by Crippen LogP contribution is 2.22. The van der Waals surface area contributed by atoms with E-state index in [1.54, 1.807) is 6.33 Å². The zero-order valence-electron chi connectivity index (χ0n) is 10.2. The molecule has 1 aliphatic carbocycles. The van der Waals surface area contributed by atoms with Gasteiger partial charge in [-0.15, -0.1) is 0 Å². The second kappa shape index (κ2) is 4.35. The molecule has 4 heteroatoms. The quantitative estimate of drug-likeness (QED) is 0.862. The molecule has 2 aromatic heterocycles. The summed E-state index contributed by atoms with van der Waals surface area (Å²) in [7, 11) is 0. The molecule has 17 heavy (non-hydrogen) atoms. The minimum atomic E-state index is 0.595. The lowest BCUT2D eigenvalue weighted by molar-refractivity contribution is 0.461. The van der Waals surface area contributed by atoms with Gasteiger partial charge in [-0.25, -0.2) is 4.98 Å². The number of nitrogens with zero attached hydrogens (tertiary/aromatic N) is 3. The van der Waals surface area contributed by atoms with E-state index in [2.05, 4.69) is 34.5 Å². The van der Waals surface area contributed by atoms with Gasteiger partial charge >= 0.3 is 0 Å². The lowest BCUT2D eigenvalue weighted by atomic mass is 9.95. The molecule has 0 aliphatic heterocycles. The fourth-order valence-electron chi connectivity index (χ4n) is 2.62. The molecular formula is C13H18N4. The Hall–Kier alpha value is -1.58. The molecule has 0 atom stereocenters. The summed E-state index contributed by atoms with van der Waals surface area (Å²) >= 11 is 0. The summed E-state index contributed by atoms with van der Waals surface area (Å²) < 4.78 is 1.89. The minimum absolute atomic E-state index is 0.595. The molecule has 90 valence electrons. The van der Waals surface area contributed by atoms with E-state index in [-0.39, 0.29) is 0 Å². The lowest BCUT2D eigenvalue weighted by Crippen LogP contribution is -2.23. The van der Waals surface area contributed by atoms with E-state index in [0.717, 1.165) is 11.5 Å². The number of aromatic nitrogens is 3. The standard InChI is InChI=1S/C13H18N4/c1-10-7-12-14-9-15-17(12)13(8-10)16-11-5-3-2-4-6-11/h7-9,11,16H,2-6H2,1H3. The number of hydrogen-bond acceptors (Lipinski definition) is 3. The van der Waals surface area contributed by atoms with Crippen LogP contribution in [-0.4, -0.2) is 20.6 Å². The Morgan fingerprint density at radius 1 is 1.24 bits per heavy atom. The van der Waals surface area contributed by atoms with Crippen LogP contribution in [0.1, 0.15) is 37.7 Å². The van der Waals surface area contributed by atoms with Crippen LogP contribution in [0.3, 0.4) is 0 Å². The van der Waals surface area contributed by atoms with E-state index in [1.807, 2.05) is 4.52 Å². The molecule has 2 aromatic rings. The SMILES string of the molecule is Cc1cc(NC2CCCCC2)n2ncnc2c1. The van der Waals surface area contributed by atoms with Crippen LogP contribution in [0.25, 0.3) is 5.65 Å². The number of hydrogen-bond donors (Lipinski definition) is 1. The Bertz CT molecular complexity index is 511. The first-order chi connectivity index (χ1) is 8.33. The maximum Gasteiger partial charge on any atom is 0.157 e. The fraction of sp³-hybridized carbons (Fsp3) is 0.538. The molecule has 3 rings (SSSR count). The average molecular weight is 230 g/mol. The van der Waals surface area contributed by atoms with E-state index in [1.165, 1.54) is 37.7 Å². The van der Waals surface area contributed by atoms with Gasteiger partial charge in [0, 0.05) is 6.04 Å². The third-order valence-electron chi connectivity index (χ3n) is 3.48. The van der Waals surface area contributed by atoms with Crippen molar-refractivity contribution < 1.29 is 0 Å². The van der Waals surface area contributed by atoms with E-state index in [9.17, 15) is 0 Å². The molecule has 2 heterocycles. The molecule has 0 radical (unpaired) electrons. The van der Waals surface area contributed by atoms with Crippen molar-refractivity contribution in [1.82, 2.24) is 14.6 Å². The normalized spacial score (nSPS) is 17.5. The molecular weight excluding hydrogens is 212 g/mol. The van der Waals surface area contributed by atoms with Gasteiger partial charge in [0.25, 0.3) is 0 Å². The molecule has 0 bridgehead atoms. The number of nitrogens with one attached hydrogen (secondary N) is 1. The van der Waals surface area contributed by atoms with Crippen molar-refractivity contribution in [3.05, 3.63) is 24.0 Å². The molecule has 1 saturated carbocycles. The van der Waals surface area contributed by atoms with Crippen molar-refractivity contribution >= 4 is 11.5 Å². The fourth-order valence-corrected chi connectivity index (χ4v) is 2.62. The predicted octanol–water partition coefficient (Wildman–Crippen LogP) is 2.78. The lowest BCUT2D eigenvalue weighted by Gasteiger charge is -2.24. The predicted molar refractivity (Wildman–Crippen MR) is 68.2 cm³/mol. The first kappa shape index (κ1) is 10.6. The number of rotatable bonds is 2. The van der Waals surface area contributed by atoms with Gasteiger partial charge in [0.1, 0.15) is 12.1 Å². The molecule has 1 N–H and O–H groups in total. The Morgan fingerprint density at radius 2 is 2.06 bits per heavy atom. The molecule has 0 saturated heterocycles. The highest BCUT2D eigenvalue weighted by Gasteiger charge is 2.14. The van der Waals surface area contributed by atoms with Gasteiger partial charge in [-0.05, 0) is 37.5 Å². The maximum absolute atomic E-state index is 4.27. The minimum Gasteiger partial charge on any atom is -0.367 e. The van der Waals surface area contributed by atoms with Crippen LogP contribution in [-0.2, 0) is 0 Å². The number of pyridine rings is 1. The van der Waals surface area contributed by atoms with Crippen LogP contribution < -0.4 is 5.32 Å². The molecule has 0 unspecified atom stereocenters. The molecule has 1 aliphatic rings. The van der Waals surface area contributed by atoms with Crippen molar-refractivity contribution in [1.29, 1.82) is 0 Å². The molecule has 0 aromatic carbocycles. The largest absolute Gasteiger partial charge is 0.367 e. The summed E-state index contributed by atoms with van der Waals surface area (Å²) in [5, 5.41) is 7.88. The van der Waals surface area contributed by atoms with Crippen molar-refractivity contribution in [2.24, 2.45) is 0 Å². The third-order valence-corrected chi connectivity index (χ3v) is 3.48. The van der Waals surface area contributed by atoms with Crippen LogP contribution in [0.5, 0.6) is 0 Å². The van der Waals surface area contributed by atoms with E-state index in [0.29, 0.717) is 6.04 Å². The average Bonchev–Trinajstić information content (AvgIpc) is 2.78. The molecule has 1 fully saturated rings. The zero-order valence-corrected chi connectivity index (χ0v) is 10.2. The van der Waals surface area contributed by atoms with Crippen LogP contribution in [0.15, 0.2) is 18.5 Å². The van der Waals surface area contributed by atoms with E-state index in [4.69, 9.17) is 0 Å². The van der Waals surface area contributed by atoms with Gasteiger partial charge in [0.05, 0.1) is 0 Å². The summed E-state index contributed by atoms with van der Waals surface area (Å²) in [4.78, 5) is 4.25. The van der Waals surface area contributed by atoms with Crippen molar-refractivity contribution in [2.45, 2.75) is 45.1 Å². The highest BCUT2D eigenvalue weighted by atomic mass is 15.3. The number of aryl methyl sites for hydroxylation is 1. The van der Waals surface area contributed by atoms with Crippen LogP contribution in [0.4, 0.5) is 5.82 Å². The molecule has 0 amide bonds. The highest BCUT2D eigenvalue weighted by molar-refractivity contribution is 5.51. The Balaban J connectivity index is 1.90. The summed E-state index contributed by atoms with van der Waals surface area (Å²) in [6.07, 6.45) is 8.20. The Kier molecular flexibility index (Phi) is 2.71. The summed E-state index contributed by atoms with van der Waals surface area (Å²) in [6.45, 7) is 2.10. The Labute approximate surface area is 101 Å².